The molecular formula is C15H15N5OS. The Labute approximate surface area is 131 Å². The molecule has 3 heterocycles. The predicted octanol–water partition coefficient (Wildman–Crippen LogP) is 2.42. The zero-order chi connectivity index (χ0) is 15.4. The number of aromatic nitrogens is 4. The van der Waals surface area contributed by atoms with E-state index in [1.807, 2.05) is 23.6 Å². The van der Waals surface area contributed by atoms with Crippen LogP contribution in [0.2, 0.25) is 0 Å². The molecule has 0 atom stereocenters. The summed E-state index contributed by atoms with van der Waals surface area (Å²) in [6, 6.07) is 7.25. The fourth-order valence-corrected chi connectivity index (χ4v) is 2.74. The fraction of sp³-hybridized carbons (Fsp3) is 0.200. The molecule has 1 amide bonds. The number of thiazole rings is 1. The van der Waals surface area contributed by atoms with Gasteiger partial charge in [-0.1, -0.05) is 13.0 Å². The summed E-state index contributed by atoms with van der Waals surface area (Å²) >= 11 is 1.55. The number of nitrogens with zero attached hydrogens (tertiary/aromatic N) is 3. The number of aryl methyl sites for hydroxylation is 1. The van der Waals surface area contributed by atoms with Crippen LogP contribution in [0.25, 0.3) is 11.4 Å². The van der Waals surface area contributed by atoms with Crippen LogP contribution in [-0.2, 0) is 13.0 Å². The summed E-state index contributed by atoms with van der Waals surface area (Å²) < 4.78 is 0. The molecule has 0 saturated heterocycles. The summed E-state index contributed by atoms with van der Waals surface area (Å²) in [7, 11) is 0. The van der Waals surface area contributed by atoms with Crippen LogP contribution in [0.4, 0.5) is 0 Å². The molecule has 0 bridgehead atoms. The fourth-order valence-electron chi connectivity index (χ4n) is 1.93. The summed E-state index contributed by atoms with van der Waals surface area (Å²) in [5, 5.41) is 12.6. The lowest BCUT2D eigenvalue weighted by Crippen LogP contribution is -2.23. The first-order valence-electron chi connectivity index (χ1n) is 6.94. The number of nitrogens with one attached hydrogen (secondary N) is 2. The Morgan fingerprint density at radius 2 is 2.27 bits per heavy atom. The van der Waals surface area contributed by atoms with Gasteiger partial charge in [-0.05, 0) is 24.6 Å². The summed E-state index contributed by atoms with van der Waals surface area (Å²) in [5.74, 6) is -0.206. The van der Waals surface area contributed by atoms with Crippen molar-refractivity contribution in [3.63, 3.8) is 0 Å². The van der Waals surface area contributed by atoms with Crippen molar-refractivity contribution in [3.05, 3.63) is 52.2 Å². The molecular weight excluding hydrogens is 298 g/mol. The molecule has 6 nitrogen and oxygen atoms in total. The SMILES string of the molecule is CCc1csc(CNC(=O)c2cc(-c3ccccn3)n[nH]2)n1. The lowest BCUT2D eigenvalue weighted by molar-refractivity contribution is 0.0946. The number of pyridine rings is 1. The normalized spacial score (nSPS) is 10.6. The van der Waals surface area contributed by atoms with Crippen LogP contribution in [0, 0.1) is 0 Å². The van der Waals surface area contributed by atoms with Crippen LogP contribution in [0.5, 0.6) is 0 Å². The number of amides is 1. The van der Waals surface area contributed by atoms with Crippen molar-refractivity contribution < 1.29 is 4.79 Å². The van der Waals surface area contributed by atoms with Gasteiger partial charge in [-0.25, -0.2) is 4.98 Å². The highest BCUT2D eigenvalue weighted by Crippen LogP contribution is 2.14. The van der Waals surface area contributed by atoms with Crippen molar-refractivity contribution in [2.75, 3.05) is 0 Å². The van der Waals surface area contributed by atoms with Gasteiger partial charge in [-0.3, -0.25) is 14.9 Å². The van der Waals surface area contributed by atoms with Gasteiger partial charge in [0.05, 0.1) is 17.9 Å². The number of H-pyrrole nitrogens is 1. The van der Waals surface area contributed by atoms with Crippen molar-refractivity contribution in [2.45, 2.75) is 19.9 Å². The van der Waals surface area contributed by atoms with E-state index in [2.05, 4.69) is 32.4 Å². The minimum absolute atomic E-state index is 0.206. The van der Waals surface area contributed by atoms with Gasteiger partial charge < -0.3 is 5.32 Å². The second kappa shape index (κ2) is 6.48. The Morgan fingerprint density at radius 3 is 3.00 bits per heavy atom. The molecule has 112 valence electrons. The monoisotopic (exact) mass is 313 g/mol. The summed E-state index contributed by atoms with van der Waals surface area (Å²) in [6.45, 7) is 2.47. The molecule has 0 saturated carbocycles. The van der Waals surface area contributed by atoms with E-state index in [1.165, 1.54) is 0 Å². The van der Waals surface area contributed by atoms with Crippen LogP contribution in [0.1, 0.15) is 28.1 Å². The smallest absolute Gasteiger partial charge is 0.269 e. The maximum Gasteiger partial charge on any atom is 0.269 e. The van der Waals surface area contributed by atoms with Crippen molar-refractivity contribution in [3.8, 4) is 11.4 Å². The molecule has 0 aliphatic heterocycles. The molecule has 3 aromatic heterocycles. The average molecular weight is 313 g/mol. The van der Waals surface area contributed by atoms with E-state index in [0.29, 0.717) is 17.9 Å². The zero-order valence-electron chi connectivity index (χ0n) is 12.0. The van der Waals surface area contributed by atoms with Gasteiger partial charge in [0, 0.05) is 11.6 Å². The first-order chi connectivity index (χ1) is 10.8. The summed E-state index contributed by atoms with van der Waals surface area (Å²) in [5.41, 5.74) is 2.83. The van der Waals surface area contributed by atoms with Crippen molar-refractivity contribution in [1.29, 1.82) is 0 Å². The van der Waals surface area contributed by atoms with Gasteiger partial charge in [0.25, 0.3) is 5.91 Å². The van der Waals surface area contributed by atoms with Crippen LogP contribution in [0.15, 0.2) is 35.8 Å². The van der Waals surface area contributed by atoms with Crippen LogP contribution in [-0.4, -0.2) is 26.1 Å². The third-order valence-corrected chi connectivity index (χ3v) is 4.01. The highest BCUT2D eigenvalue weighted by atomic mass is 32.1. The van der Waals surface area contributed by atoms with Gasteiger partial charge >= 0.3 is 0 Å². The van der Waals surface area contributed by atoms with E-state index in [4.69, 9.17) is 0 Å². The highest BCUT2D eigenvalue weighted by Gasteiger charge is 2.12. The van der Waals surface area contributed by atoms with Gasteiger partial charge in [-0.2, -0.15) is 5.10 Å². The van der Waals surface area contributed by atoms with Gasteiger partial charge in [-0.15, -0.1) is 11.3 Å². The molecule has 0 aromatic carbocycles. The Morgan fingerprint density at radius 1 is 1.36 bits per heavy atom. The van der Waals surface area contributed by atoms with Crippen LogP contribution < -0.4 is 5.32 Å². The third kappa shape index (κ3) is 3.20. The predicted molar refractivity (Wildman–Crippen MR) is 84.5 cm³/mol. The van der Waals surface area contributed by atoms with E-state index in [-0.39, 0.29) is 5.91 Å². The van der Waals surface area contributed by atoms with E-state index in [9.17, 15) is 4.79 Å². The van der Waals surface area contributed by atoms with Gasteiger partial charge in [0.15, 0.2) is 0 Å². The molecule has 0 radical (unpaired) electrons. The van der Waals surface area contributed by atoms with E-state index in [0.717, 1.165) is 22.8 Å². The van der Waals surface area contributed by atoms with Crippen LogP contribution >= 0.6 is 11.3 Å². The molecule has 3 aromatic rings. The average Bonchev–Trinajstić information content (AvgIpc) is 3.22. The largest absolute Gasteiger partial charge is 0.344 e. The summed E-state index contributed by atoms with van der Waals surface area (Å²) in [4.78, 5) is 20.7. The maximum absolute atomic E-state index is 12.1. The van der Waals surface area contributed by atoms with E-state index in [1.54, 1.807) is 23.6 Å². The Kier molecular flexibility index (Phi) is 4.24. The molecule has 0 unspecified atom stereocenters. The maximum atomic E-state index is 12.1. The zero-order valence-corrected chi connectivity index (χ0v) is 12.9. The Bertz CT molecular complexity index is 765. The first-order valence-corrected chi connectivity index (χ1v) is 7.82. The van der Waals surface area contributed by atoms with Crippen molar-refractivity contribution in [2.24, 2.45) is 0 Å². The lowest BCUT2D eigenvalue weighted by atomic mass is 10.2. The first kappa shape index (κ1) is 14.4. The third-order valence-electron chi connectivity index (χ3n) is 3.11. The molecule has 22 heavy (non-hydrogen) atoms. The highest BCUT2D eigenvalue weighted by molar-refractivity contribution is 7.09. The number of aromatic amines is 1. The van der Waals surface area contributed by atoms with E-state index >= 15 is 0 Å². The molecule has 0 aliphatic carbocycles. The number of carbonyl (C=O) groups excluding carboxylic acids is 1. The van der Waals surface area contributed by atoms with E-state index < -0.39 is 0 Å². The Hall–Kier alpha value is -2.54. The standard InChI is InChI=1S/C15H15N5OS/c1-2-10-9-22-14(18-10)8-17-15(21)13-7-12(19-20-13)11-5-3-4-6-16-11/h3-7,9H,2,8H2,1H3,(H,17,21)(H,19,20). The van der Waals surface area contributed by atoms with Gasteiger partial charge in [0.2, 0.25) is 0 Å². The Balaban J connectivity index is 1.64. The molecule has 0 spiro atoms. The second-order valence-corrected chi connectivity index (χ2v) is 5.59. The molecule has 0 fully saturated rings. The number of carbonyl (C=O) groups is 1. The minimum Gasteiger partial charge on any atom is -0.344 e. The topological polar surface area (TPSA) is 83.6 Å². The van der Waals surface area contributed by atoms with Gasteiger partial charge in [0.1, 0.15) is 16.4 Å². The number of hydrogen-bond acceptors (Lipinski definition) is 5. The quantitative estimate of drug-likeness (QED) is 0.757. The lowest BCUT2D eigenvalue weighted by Gasteiger charge is -1.99. The molecule has 0 aliphatic rings. The summed E-state index contributed by atoms with van der Waals surface area (Å²) in [6.07, 6.45) is 2.59. The molecule has 7 heteroatoms. The minimum atomic E-state index is -0.206. The molecule has 2 N–H and O–H groups in total. The molecule has 3 rings (SSSR count). The van der Waals surface area contributed by atoms with Crippen LogP contribution in [0.3, 0.4) is 0 Å². The second-order valence-electron chi connectivity index (χ2n) is 4.65. The number of hydrogen-bond donors (Lipinski definition) is 2. The number of rotatable bonds is 5. The van der Waals surface area contributed by atoms with Crippen molar-refractivity contribution >= 4 is 17.2 Å². The van der Waals surface area contributed by atoms with Crippen molar-refractivity contribution in [1.82, 2.24) is 25.5 Å².